The molecule has 0 spiro atoms. The maximum atomic E-state index is 11.9. The van der Waals surface area contributed by atoms with Gasteiger partial charge in [-0.2, -0.15) is 4.31 Å². The molecule has 0 saturated carbocycles. The summed E-state index contributed by atoms with van der Waals surface area (Å²) in [6.07, 6.45) is 2.46. The lowest BCUT2D eigenvalue weighted by Gasteiger charge is -2.32. The van der Waals surface area contributed by atoms with Crippen LogP contribution in [0.3, 0.4) is 0 Å². The van der Waals surface area contributed by atoms with E-state index in [0.717, 1.165) is 19.3 Å². The molecule has 1 aliphatic heterocycles. The van der Waals surface area contributed by atoms with Gasteiger partial charge in [-0.3, -0.25) is 0 Å². The van der Waals surface area contributed by atoms with Gasteiger partial charge in [-0.25, -0.2) is 8.42 Å². The summed E-state index contributed by atoms with van der Waals surface area (Å²) in [5.41, 5.74) is 5.79. The van der Waals surface area contributed by atoms with Crippen molar-refractivity contribution in [2.24, 2.45) is 11.7 Å². The molecule has 14 heavy (non-hydrogen) atoms. The number of hydrogen-bond acceptors (Lipinski definition) is 3. The summed E-state index contributed by atoms with van der Waals surface area (Å²) in [7, 11) is -3.12. The minimum absolute atomic E-state index is 0.161. The van der Waals surface area contributed by atoms with E-state index >= 15 is 0 Å². The van der Waals surface area contributed by atoms with E-state index in [4.69, 9.17) is 5.73 Å². The standard InChI is InChI=1S/C9H20N2O2S/c1-8(2)7-14(12,13)11-6-4-3-5-9(11)10/h8-9H,3-7,10H2,1-2H3. The minimum Gasteiger partial charge on any atom is -0.315 e. The van der Waals surface area contributed by atoms with Gasteiger partial charge in [0.25, 0.3) is 0 Å². The van der Waals surface area contributed by atoms with Crippen LogP contribution < -0.4 is 5.73 Å². The van der Waals surface area contributed by atoms with Crippen LogP contribution in [0.2, 0.25) is 0 Å². The number of rotatable bonds is 3. The lowest BCUT2D eigenvalue weighted by atomic mass is 10.1. The van der Waals surface area contributed by atoms with Gasteiger partial charge in [-0.05, 0) is 25.2 Å². The first-order valence-corrected chi connectivity index (χ1v) is 6.79. The van der Waals surface area contributed by atoms with E-state index in [2.05, 4.69) is 0 Å². The van der Waals surface area contributed by atoms with E-state index in [1.54, 1.807) is 0 Å². The third-order valence-corrected chi connectivity index (χ3v) is 4.66. The van der Waals surface area contributed by atoms with Gasteiger partial charge >= 0.3 is 0 Å². The van der Waals surface area contributed by atoms with Gasteiger partial charge in [0.05, 0.1) is 11.9 Å². The quantitative estimate of drug-likeness (QED) is 0.763. The molecule has 0 radical (unpaired) electrons. The second-order valence-corrected chi connectivity index (χ2v) is 6.31. The van der Waals surface area contributed by atoms with E-state index in [0.29, 0.717) is 6.54 Å². The Labute approximate surface area is 86.5 Å². The number of hydrogen-bond donors (Lipinski definition) is 1. The van der Waals surface area contributed by atoms with E-state index in [-0.39, 0.29) is 17.8 Å². The Morgan fingerprint density at radius 1 is 1.43 bits per heavy atom. The van der Waals surface area contributed by atoms with Crippen LogP contribution >= 0.6 is 0 Å². The molecule has 1 rings (SSSR count). The SMILES string of the molecule is CC(C)CS(=O)(=O)N1CCCCC1N. The Morgan fingerprint density at radius 3 is 2.57 bits per heavy atom. The van der Waals surface area contributed by atoms with Gasteiger partial charge in [-0.1, -0.05) is 13.8 Å². The van der Waals surface area contributed by atoms with Gasteiger partial charge in [0, 0.05) is 6.54 Å². The molecule has 1 aliphatic rings. The molecule has 0 aromatic heterocycles. The number of piperidine rings is 1. The highest BCUT2D eigenvalue weighted by atomic mass is 32.2. The first-order chi connectivity index (χ1) is 6.43. The van der Waals surface area contributed by atoms with Crippen molar-refractivity contribution in [1.82, 2.24) is 4.31 Å². The van der Waals surface area contributed by atoms with Crippen molar-refractivity contribution in [3.8, 4) is 0 Å². The summed E-state index contributed by atoms with van der Waals surface area (Å²) in [6, 6.07) is 0. The molecular weight excluding hydrogens is 200 g/mol. The maximum absolute atomic E-state index is 11.9. The zero-order valence-electron chi connectivity index (χ0n) is 8.94. The highest BCUT2D eigenvalue weighted by molar-refractivity contribution is 7.89. The summed E-state index contributed by atoms with van der Waals surface area (Å²) in [5, 5.41) is 0. The zero-order valence-corrected chi connectivity index (χ0v) is 9.76. The first-order valence-electron chi connectivity index (χ1n) is 5.18. The minimum atomic E-state index is -3.12. The van der Waals surface area contributed by atoms with Gasteiger partial charge in [-0.15, -0.1) is 0 Å². The highest BCUT2D eigenvalue weighted by Crippen LogP contribution is 2.18. The van der Waals surface area contributed by atoms with E-state index in [1.165, 1.54) is 4.31 Å². The maximum Gasteiger partial charge on any atom is 0.215 e. The molecule has 5 heteroatoms. The zero-order chi connectivity index (χ0) is 10.8. The average molecular weight is 220 g/mol. The van der Waals surface area contributed by atoms with Crippen LogP contribution in [0.25, 0.3) is 0 Å². The van der Waals surface area contributed by atoms with Crippen LogP contribution in [-0.2, 0) is 10.0 Å². The molecule has 0 aliphatic carbocycles. The summed E-state index contributed by atoms with van der Waals surface area (Å²) >= 11 is 0. The van der Waals surface area contributed by atoms with Crippen molar-refractivity contribution < 1.29 is 8.42 Å². The van der Waals surface area contributed by atoms with Crippen molar-refractivity contribution in [3.63, 3.8) is 0 Å². The predicted octanol–water partition coefficient (Wildman–Crippen LogP) is 0.743. The fourth-order valence-electron chi connectivity index (χ4n) is 1.79. The Balaban J connectivity index is 2.70. The third-order valence-electron chi connectivity index (χ3n) is 2.40. The van der Waals surface area contributed by atoms with Crippen molar-refractivity contribution in [1.29, 1.82) is 0 Å². The lowest BCUT2D eigenvalue weighted by molar-refractivity contribution is 0.257. The molecule has 2 N–H and O–H groups in total. The van der Waals surface area contributed by atoms with Gasteiger partial charge in [0.1, 0.15) is 0 Å². The van der Waals surface area contributed by atoms with Crippen LogP contribution in [0.15, 0.2) is 0 Å². The predicted molar refractivity (Wildman–Crippen MR) is 57.2 cm³/mol. The largest absolute Gasteiger partial charge is 0.315 e. The summed E-state index contributed by atoms with van der Waals surface area (Å²) in [5.74, 6) is 0.370. The Hall–Kier alpha value is -0.130. The molecular formula is C9H20N2O2S. The fourth-order valence-corrected chi connectivity index (χ4v) is 3.75. The molecule has 1 heterocycles. The number of nitrogens with two attached hydrogens (primary N) is 1. The summed E-state index contributed by atoms with van der Waals surface area (Å²) < 4.78 is 25.2. The summed E-state index contributed by atoms with van der Waals surface area (Å²) in [4.78, 5) is 0. The van der Waals surface area contributed by atoms with Crippen molar-refractivity contribution >= 4 is 10.0 Å². The second kappa shape index (κ2) is 4.59. The molecule has 1 saturated heterocycles. The molecule has 1 atom stereocenters. The Kier molecular flexibility index (Phi) is 3.92. The first kappa shape index (κ1) is 11.9. The molecule has 0 aromatic carbocycles. The number of sulfonamides is 1. The topological polar surface area (TPSA) is 63.4 Å². The van der Waals surface area contributed by atoms with E-state index in [9.17, 15) is 8.42 Å². The second-order valence-electron chi connectivity index (χ2n) is 4.35. The highest BCUT2D eigenvalue weighted by Gasteiger charge is 2.30. The van der Waals surface area contributed by atoms with Crippen LogP contribution in [-0.4, -0.2) is 31.2 Å². The molecule has 84 valence electrons. The Bertz CT molecular complexity index is 275. The molecule has 0 amide bonds. The van der Waals surface area contributed by atoms with Gasteiger partial charge < -0.3 is 5.73 Å². The average Bonchev–Trinajstić information content (AvgIpc) is 2.02. The molecule has 0 aromatic rings. The van der Waals surface area contributed by atoms with Crippen molar-refractivity contribution in [2.45, 2.75) is 39.3 Å². The molecule has 1 fully saturated rings. The van der Waals surface area contributed by atoms with Crippen molar-refractivity contribution in [3.05, 3.63) is 0 Å². The Morgan fingerprint density at radius 2 is 2.07 bits per heavy atom. The third kappa shape index (κ3) is 2.93. The fraction of sp³-hybridized carbons (Fsp3) is 1.00. The monoisotopic (exact) mass is 220 g/mol. The smallest absolute Gasteiger partial charge is 0.215 e. The molecule has 4 nitrogen and oxygen atoms in total. The van der Waals surface area contributed by atoms with Gasteiger partial charge in [0.15, 0.2) is 0 Å². The van der Waals surface area contributed by atoms with Gasteiger partial charge in [0.2, 0.25) is 10.0 Å². The van der Waals surface area contributed by atoms with Crippen LogP contribution in [0, 0.1) is 5.92 Å². The number of nitrogens with zero attached hydrogens (tertiary/aromatic N) is 1. The molecule has 0 bridgehead atoms. The van der Waals surface area contributed by atoms with Crippen molar-refractivity contribution in [2.75, 3.05) is 12.3 Å². The van der Waals surface area contributed by atoms with E-state index in [1.807, 2.05) is 13.8 Å². The molecule has 1 unspecified atom stereocenters. The van der Waals surface area contributed by atoms with Crippen LogP contribution in [0.5, 0.6) is 0 Å². The summed E-state index contributed by atoms with van der Waals surface area (Å²) in [6.45, 7) is 4.41. The van der Waals surface area contributed by atoms with Crippen LogP contribution in [0.1, 0.15) is 33.1 Å². The lowest BCUT2D eigenvalue weighted by Crippen LogP contribution is -2.49. The normalized spacial score (nSPS) is 25.6. The van der Waals surface area contributed by atoms with Crippen LogP contribution in [0.4, 0.5) is 0 Å². The van der Waals surface area contributed by atoms with E-state index < -0.39 is 10.0 Å².